The summed E-state index contributed by atoms with van der Waals surface area (Å²) < 4.78 is 17.3. The zero-order valence-corrected chi connectivity index (χ0v) is 18.8. The van der Waals surface area contributed by atoms with E-state index in [1.54, 1.807) is 32.4 Å². The van der Waals surface area contributed by atoms with Crippen molar-refractivity contribution >= 4 is 23.1 Å². The molecule has 0 aliphatic rings. The number of ether oxygens (including phenoxy) is 2. The Balaban J connectivity index is 1.93. The average Bonchev–Trinajstić information content (AvgIpc) is 2.77. The molecule has 4 nitrogen and oxygen atoms in total. The average molecular weight is 522 g/mol. The Bertz CT molecular complexity index is 1000. The van der Waals surface area contributed by atoms with Crippen LogP contribution < -0.4 is 31.1 Å². The van der Waals surface area contributed by atoms with Gasteiger partial charge in [0.15, 0.2) is 11.5 Å². The topological polar surface area (TPSA) is 44.8 Å². The van der Waals surface area contributed by atoms with Crippen molar-refractivity contribution in [1.82, 2.24) is 0 Å². The van der Waals surface area contributed by atoms with Crippen LogP contribution in [0.5, 0.6) is 11.5 Å². The van der Waals surface area contributed by atoms with Gasteiger partial charge in [0.1, 0.15) is 0 Å². The molecule has 0 aromatic heterocycles. The Morgan fingerprint density at radius 3 is 2.17 bits per heavy atom. The number of rotatable bonds is 7. The first kappa shape index (κ1) is 21.2. The van der Waals surface area contributed by atoms with Crippen LogP contribution in [0.1, 0.15) is 11.1 Å². The van der Waals surface area contributed by atoms with E-state index in [0.717, 1.165) is 14.7 Å². The molecule has 0 radical (unpaired) electrons. The van der Waals surface area contributed by atoms with Gasteiger partial charge in [0.2, 0.25) is 3.57 Å². The first-order valence-electron chi connectivity index (χ1n) is 8.71. The molecule has 29 heavy (non-hydrogen) atoms. The molecule has 0 atom stereocenters. The standard InChI is InChI=1S/C23H19ClIO4/c1-27-21-13-10-17(14-22(21)28-2)20(16-8-11-18(24)12-9-16)15-23(26)29-25-19-6-4-3-5-7-19/h3-15H,1-2H3/q+1/b20-15-. The maximum atomic E-state index is 12.6. The minimum Gasteiger partial charge on any atom is -0.493 e. The smallest absolute Gasteiger partial charge is 0.493 e. The number of carbonyl (C=O) groups excluding carboxylic acids is 1. The monoisotopic (exact) mass is 521 g/mol. The normalized spacial score (nSPS) is 11.1. The van der Waals surface area contributed by atoms with Crippen LogP contribution in [0.25, 0.3) is 5.57 Å². The lowest BCUT2D eigenvalue weighted by Crippen LogP contribution is -3.62. The lowest BCUT2D eigenvalue weighted by atomic mass is 9.97. The predicted octanol–water partition coefficient (Wildman–Crippen LogP) is 2.21. The first-order chi connectivity index (χ1) is 14.1. The summed E-state index contributed by atoms with van der Waals surface area (Å²) in [4.78, 5) is 12.6. The minimum absolute atomic E-state index is 0.388. The maximum Gasteiger partial charge on any atom is 0.584 e. The predicted molar refractivity (Wildman–Crippen MR) is 109 cm³/mol. The second kappa shape index (κ2) is 10.3. The Kier molecular flexibility index (Phi) is 7.55. The number of methoxy groups -OCH3 is 2. The Hall–Kier alpha value is -2.51. The zero-order chi connectivity index (χ0) is 20.6. The molecule has 0 aliphatic carbocycles. The van der Waals surface area contributed by atoms with Crippen LogP contribution in [0.2, 0.25) is 5.02 Å². The molecule has 0 bridgehead atoms. The van der Waals surface area contributed by atoms with Crippen molar-refractivity contribution in [1.29, 1.82) is 0 Å². The quantitative estimate of drug-likeness (QED) is 0.353. The van der Waals surface area contributed by atoms with Gasteiger partial charge in [-0.3, -0.25) is 0 Å². The number of carbonyl (C=O) groups is 1. The molecule has 0 unspecified atom stereocenters. The second-order valence-electron chi connectivity index (χ2n) is 5.90. The van der Waals surface area contributed by atoms with E-state index in [0.29, 0.717) is 22.1 Å². The third kappa shape index (κ3) is 5.74. The molecule has 0 aliphatic heterocycles. The summed E-state index contributed by atoms with van der Waals surface area (Å²) in [5, 5.41) is 0.623. The molecule has 0 saturated carbocycles. The molecule has 148 valence electrons. The summed E-state index contributed by atoms with van der Waals surface area (Å²) in [6.07, 6.45) is 1.51. The molecular weight excluding hydrogens is 503 g/mol. The molecule has 0 fully saturated rings. The van der Waals surface area contributed by atoms with E-state index in [2.05, 4.69) is 0 Å². The van der Waals surface area contributed by atoms with E-state index in [1.807, 2.05) is 54.6 Å². The van der Waals surface area contributed by atoms with Gasteiger partial charge in [0, 0.05) is 11.1 Å². The third-order valence-electron chi connectivity index (χ3n) is 4.05. The van der Waals surface area contributed by atoms with Crippen LogP contribution in [0.15, 0.2) is 78.9 Å². The number of halogens is 2. The van der Waals surface area contributed by atoms with E-state index >= 15 is 0 Å². The molecular formula is C23H19ClIO4+. The van der Waals surface area contributed by atoms with Crippen LogP contribution in [0.4, 0.5) is 0 Å². The lowest BCUT2D eigenvalue weighted by molar-refractivity contribution is -0.851. The fourth-order valence-electron chi connectivity index (χ4n) is 2.66. The van der Waals surface area contributed by atoms with Gasteiger partial charge < -0.3 is 9.47 Å². The minimum atomic E-state index is -0.868. The van der Waals surface area contributed by atoms with Gasteiger partial charge in [0.05, 0.1) is 14.2 Å². The molecule has 3 aromatic rings. The zero-order valence-electron chi connectivity index (χ0n) is 15.9. The van der Waals surface area contributed by atoms with Crippen molar-refractivity contribution in [3.63, 3.8) is 0 Å². The highest BCUT2D eigenvalue weighted by Crippen LogP contribution is 2.33. The SMILES string of the molecule is COc1ccc(/C(=C\C(=O)O[I+]c2ccccc2)c2ccc(Cl)cc2)cc1OC. The van der Waals surface area contributed by atoms with Gasteiger partial charge in [-0.25, -0.2) is 7.86 Å². The van der Waals surface area contributed by atoms with Gasteiger partial charge in [-0.05, 0) is 53.1 Å². The van der Waals surface area contributed by atoms with Gasteiger partial charge in [-0.1, -0.05) is 48.0 Å². The Labute approximate surface area is 185 Å². The second-order valence-corrected chi connectivity index (χ2v) is 8.47. The largest absolute Gasteiger partial charge is 0.584 e. The van der Waals surface area contributed by atoms with Crippen LogP contribution >= 0.6 is 11.6 Å². The first-order valence-corrected chi connectivity index (χ1v) is 11.1. The van der Waals surface area contributed by atoms with E-state index in [1.165, 1.54) is 6.08 Å². The molecule has 0 saturated heterocycles. The van der Waals surface area contributed by atoms with Crippen LogP contribution in [0, 0.1) is 3.57 Å². The molecule has 0 heterocycles. The fourth-order valence-corrected chi connectivity index (χ4v) is 4.09. The van der Waals surface area contributed by atoms with Gasteiger partial charge >= 0.3 is 27.6 Å². The lowest BCUT2D eigenvalue weighted by Gasteiger charge is -2.12. The van der Waals surface area contributed by atoms with Crippen molar-refractivity contribution in [2.75, 3.05) is 14.2 Å². The molecule has 6 heteroatoms. The summed E-state index contributed by atoms with van der Waals surface area (Å²) in [6.45, 7) is 0. The number of hydrogen-bond acceptors (Lipinski definition) is 4. The summed E-state index contributed by atoms with van der Waals surface area (Å²) >= 11 is 5.16. The molecule has 0 amide bonds. The summed E-state index contributed by atoms with van der Waals surface area (Å²) in [5.74, 6) is 0.806. The summed E-state index contributed by atoms with van der Waals surface area (Å²) in [7, 11) is 3.16. The fraction of sp³-hybridized carbons (Fsp3) is 0.0870. The highest BCUT2D eigenvalue weighted by molar-refractivity contribution is 6.30. The highest BCUT2D eigenvalue weighted by atomic mass is 127. The van der Waals surface area contributed by atoms with E-state index in [-0.39, 0.29) is 5.97 Å². The molecule has 3 aromatic carbocycles. The maximum absolute atomic E-state index is 12.6. The van der Waals surface area contributed by atoms with Gasteiger partial charge in [0.25, 0.3) is 0 Å². The van der Waals surface area contributed by atoms with Crippen molar-refractivity contribution in [2.24, 2.45) is 0 Å². The van der Waals surface area contributed by atoms with E-state index in [4.69, 9.17) is 24.1 Å². The summed E-state index contributed by atoms with van der Waals surface area (Å²) in [5.41, 5.74) is 2.36. The van der Waals surface area contributed by atoms with Crippen molar-refractivity contribution in [3.05, 3.63) is 98.6 Å². The van der Waals surface area contributed by atoms with Gasteiger partial charge in [-0.2, -0.15) is 0 Å². The third-order valence-corrected chi connectivity index (χ3v) is 6.18. The Morgan fingerprint density at radius 1 is 0.862 bits per heavy atom. The molecule has 0 N–H and O–H groups in total. The highest BCUT2D eigenvalue weighted by Gasteiger charge is 2.20. The van der Waals surface area contributed by atoms with E-state index < -0.39 is 21.6 Å². The van der Waals surface area contributed by atoms with Gasteiger partial charge in [-0.15, -0.1) is 0 Å². The number of hydrogen-bond donors (Lipinski definition) is 0. The summed E-state index contributed by atoms with van der Waals surface area (Å²) in [6, 6.07) is 22.5. The molecule has 3 rings (SSSR count). The van der Waals surface area contributed by atoms with E-state index in [9.17, 15) is 4.79 Å². The number of benzene rings is 3. The molecule has 0 spiro atoms. The van der Waals surface area contributed by atoms with Crippen LogP contribution in [-0.4, -0.2) is 20.2 Å². The van der Waals surface area contributed by atoms with Crippen molar-refractivity contribution in [3.8, 4) is 11.5 Å². The van der Waals surface area contributed by atoms with Crippen molar-refractivity contribution < 1.29 is 39.0 Å². The van der Waals surface area contributed by atoms with Crippen LogP contribution in [-0.2, 0) is 7.86 Å². The Morgan fingerprint density at radius 2 is 1.52 bits per heavy atom. The van der Waals surface area contributed by atoms with Crippen LogP contribution in [0.3, 0.4) is 0 Å². The van der Waals surface area contributed by atoms with Crippen molar-refractivity contribution in [2.45, 2.75) is 0 Å².